The third kappa shape index (κ3) is 7.71. The van der Waals surface area contributed by atoms with Crippen LogP contribution in [-0.4, -0.2) is 57.7 Å². The topological polar surface area (TPSA) is 165 Å². The molecule has 0 aliphatic heterocycles. The summed E-state index contributed by atoms with van der Waals surface area (Å²) in [4.78, 5) is 42.2. The molecule has 3 aromatic heterocycles. The van der Waals surface area contributed by atoms with Gasteiger partial charge in [-0.2, -0.15) is 0 Å². The lowest BCUT2D eigenvalue weighted by molar-refractivity contribution is -0.135. The van der Waals surface area contributed by atoms with Crippen molar-refractivity contribution in [2.75, 3.05) is 11.4 Å². The second-order valence-electron chi connectivity index (χ2n) is 10.1. The third-order valence-electron chi connectivity index (χ3n) is 5.72. The summed E-state index contributed by atoms with van der Waals surface area (Å²) in [7, 11) is -4.15. The number of carboxylic acid groups (broad SMARTS) is 1. The number of carbonyl (C=O) groups excluding carboxylic acids is 1. The highest BCUT2D eigenvalue weighted by Gasteiger charge is 2.33. The molecule has 1 amide bonds. The van der Waals surface area contributed by atoms with Gasteiger partial charge in [-0.25, -0.2) is 33.1 Å². The Morgan fingerprint density at radius 2 is 1.62 bits per heavy atom. The molecule has 2 N–H and O–H groups in total. The number of rotatable bonds is 10. The molecule has 0 radical (unpaired) electrons. The van der Waals surface area contributed by atoms with E-state index in [9.17, 15) is 23.1 Å². The molecule has 0 fully saturated rings. The van der Waals surface area contributed by atoms with Crippen LogP contribution in [0.1, 0.15) is 37.4 Å². The van der Waals surface area contributed by atoms with Crippen molar-refractivity contribution in [2.45, 2.75) is 43.3 Å². The molecule has 3 heterocycles. The van der Waals surface area contributed by atoms with Gasteiger partial charge >= 0.3 is 12.1 Å². The zero-order valence-electron chi connectivity index (χ0n) is 23.2. The Kier molecular flexibility index (Phi) is 9.23. The van der Waals surface area contributed by atoms with E-state index >= 15 is 0 Å². The summed E-state index contributed by atoms with van der Waals surface area (Å²) in [6, 6.07) is 17.9. The number of carbonyl (C=O) groups is 2. The maximum Gasteiger partial charge on any atom is 0.416 e. The van der Waals surface area contributed by atoms with Crippen LogP contribution in [0.3, 0.4) is 0 Å². The molecular formula is C29H30N6O6S. The first-order valence-electron chi connectivity index (χ1n) is 12.9. The maximum atomic E-state index is 13.8. The minimum atomic E-state index is -4.15. The first kappa shape index (κ1) is 30.2. The van der Waals surface area contributed by atoms with Gasteiger partial charge in [-0.05, 0) is 56.7 Å². The van der Waals surface area contributed by atoms with Gasteiger partial charge < -0.3 is 9.84 Å². The molecule has 1 aromatic carbocycles. The maximum absolute atomic E-state index is 13.8. The van der Waals surface area contributed by atoms with Crippen LogP contribution in [-0.2, 0) is 25.9 Å². The zero-order chi connectivity index (χ0) is 30.3. The molecule has 0 saturated carbocycles. The standard InChI is InChI=1S/C29H30N6O6S/c1-29(2,3)41-28(38)35(19-25(36)37)23-9-6-8-22(34-23)27(42(39,40)24-10-4-5-15-30-24)33-18-20-11-13-21(14-12-20)26-31-16-7-17-32-26/h4-17,27,33H,18-19H2,1-3H3,(H,36,37). The van der Waals surface area contributed by atoms with E-state index in [4.69, 9.17) is 4.74 Å². The van der Waals surface area contributed by atoms with Crippen molar-refractivity contribution in [3.8, 4) is 11.4 Å². The van der Waals surface area contributed by atoms with Crippen molar-refractivity contribution in [2.24, 2.45) is 0 Å². The predicted octanol–water partition coefficient (Wildman–Crippen LogP) is 4.02. The number of pyridine rings is 2. The van der Waals surface area contributed by atoms with Crippen LogP contribution >= 0.6 is 0 Å². The summed E-state index contributed by atoms with van der Waals surface area (Å²) in [6.07, 6.45) is 3.72. The minimum Gasteiger partial charge on any atom is -0.480 e. The monoisotopic (exact) mass is 590 g/mol. The molecule has 0 saturated heterocycles. The lowest BCUT2D eigenvalue weighted by Crippen LogP contribution is -2.40. The van der Waals surface area contributed by atoms with Crippen LogP contribution in [0, 0.1) is 0 Å². The van der Waals surface area contributed by atoms with E-state index in [-0.39, 0.29) is 23.1 Å². The van der Waals surface area contributed by atoms with E-state index in [0.29, 0.717) is 5.82 Å². The number of anilines is 1. The average molecular weight is 591 g/mol. The Labute approximate surface area is 243 Å². The molecule has 0 bridgehead atoms. The van der Waals surface area contributed by atoms with Crippen molar-refractivity contribution in [3.63, 3.8) is 0 Å². The molecule has 0 aliphatic carbocycles. The summed E-state index contributed by atoms with van der Waals surface area (Å²) in [5.74, 6) is -0.822. The molecule has 12 nitrogen and oxygen atoms in total. The summed E-state index contributed by atoms with van der Waals surface area (Å²) in [5, 5.41) is 10.9. The van der Waals surface area contributed by atoms with Crippen LogP contribution in [0.5, 0.6) is 0 Å². The van der Waals surface area contributed by atoms with Gasteiger partial charge in [0.2, 0.25) is 9.84 Å². The number of nitrogens with one attached hydrogen (secondary N) is 1. The number of benzene rings is 1. The van der Waals surface area contributed by atoms with Crippen molar-refractivity contribution in [1.82, 2.24) is 25.3 Å². The molecule has 0 spiro atoms. The van der Waals surface area contributed by atoms with Crippen LogP contribution in [0.4, 0.5) is 10.6 Å². The Bertz CT molecular complexity index is 1630. The third-order valence-corrected chi connectivity index (χ3v) is 7.57. The number of aliphatic carboxylic acids is 1. The molecule has 4 rings (SSSR count). The van der Waals surface area contributed by atoms with Crippen LogP contribution in [0.2, 0.25) is 0 Å². The highest BCUT2D eigenvalue weighted by atomic mass is 32.2. The van der Waals surface area contributed by atoms with Gasteiger partial charge in [-0.1, -0.05) is 36.4 Å². The summed E-state index contributed by atoms with van der Waals surface area (Å²) >= 11 is 0. The molecule has 42 heavy (non-hydrogen) atoms. The summed E-state index contributed by atoms with van der Waals surface area (Å²) in [5.41, 5.74) is 0.701. The minimum absolute atomic E-state index is 0.0337. The Hall–Kier alpha value is -4.75. The van der Waals surface area contributed by atoms with Crippen molar-refractivity contribution >= 4 is 27.7 Å². The molecule has 218 valence electrons. The van der Waals surface area contributed by atoms with Gasteiger partial charge in [-0.3, -0.25) is 15.0 Å². The van der Waals surface area contributed by atoms with E-state index in [1.165, 1.54) is 30.5 Å². The number of nitrogens with zero attached hydrogens (tertiary/aromatic N) is 5. The number of hydrogen-bond donors (Lipinski definition) is 2. The van der Waals surface area contributed by atoms with Crippen LogP contribution in [0.25, 0.3) is 11.4 Å². The normalized spacial score (nSPS) is 12.4. The Morgan fingerprint density at radius 3 is 2.24 bits per heavy atom. The smallest absolute Gasteiger partial charge is 0.416 e. The number of sulfone groups is 1. The molecule has 13 heteroatoms. The Balaban J connectivity index is 1.68. The summed E-state index contributed by atoms with van der Waals surface area (Å²) < 4.78 is 33.0. The van der Waals surface area contributed by atoms with Crippen molar-refractivity contribution in [3.05, 3.63) is 96.6 Å². The van der Waals surface area contributed by atoms with Crippen LogP contribution in [0.15, 0.2) is 90.3 Å². The lowest BCUT2D eigenvalue weighted by Gasteiger charge is -2.26. The number of amides is 1. The van der Waals surface area contributed by atoms with E-state index < -0.39 is 39.4 Å². The van der Waals surface area contributed by atoms with E-state index in [1.54, 1.807) is 51.4 Å². The van der Waals surface area contributed by atoms with Crippen molar-refractivity contribution in [1.29, 1.82) is 0 Å². The highest BCUT2D eigenvalue weighted by Crippen LogP contribution is 2.27. The summed E-state index contributed by atoms with van der Waals surface area (Å²) in [6.45, 7) is 4.32. The second-order valence-corrected chi connectivity index (χ2v) is 12.1. The number of aromatic nitrogens is 4. The second kappa shape index (κ2) is 12.8. The van der Waals surface area contributed by atoms with Crippen LogP contribution < -0.4 is 10.2 Å². The predicted molar refractivity (Wildman–Crippen MR) is 154 cm³/mol. The largest absolute Gasteiger partial charge is 0.480 e. The van der Waals surface area contributed by atoms with E-state index in [1.807, 2.05) is 24.3 Å². The first-order chi connectivity index (χ1) is 19.9. The van der Waals surface area contributed by atoms with E-state index in [0.717, 1.165) is 16.0 Å². The van der Waals surface area contributed by atoms with Gasteiger partial charge in [0.1, 0.15) is 18.0 Å². The highest BCUT2D eigenvalue weighted by molar-refractivity contribution is 7.91. The Morgan fingerprint density at radius 1 is 0.929 bits per heavy atom. The van der Waals surface area contributed by atoms with Gasteiger partial charge in [0.25, 0.3) is 0 Å². The molecule has 1 unspecified atom stereocenters. The number of hydrogen-bond acceptors (Lipinski definition) is 10. The van der Waals surface area contributed by atoms with Gasteiger partial charge in [0.05, 0.1) is 5.69 Å². The van der Waals surface area contributed by atoms with Gasteiger partial charge in [-0.15, -0.1) is 0 Å². The first-order valence-corrected chi connectivity index (χ1v) is 14.4. The number of carboxylic acids is 1. The SMILES string of the molecule is CC(C)(C)OC(=O)N(CC(=O)O)c1cccc(C(NCc2ccc(-c3ncccn3)cc2)S(=O)(=O)c2ccccn2)n1. The average Bonchev–Trinajstić information content (AvgIpc) is 2.96. The molecule has 4 aromatic rings. The van der Waals surface area contributed by atoms with Gasteiger partial charge in [0, 0.05) is 30.7 Å². The van der Waals surface area contributed by atoms with E-state index in [2.05, 4.69) is 25.3 Å². The van der Waals surface area contributed by atoms with Crippen molar-refractivity contribution < 1.29 is 27.9 Å². The fourth-order valence-corrected chi connectivity index (χ4v) is 5.34. The fraction of sp³-hybridized carbons (Fsp3) is 0.241. The quantitative estimate of drug-likeness (QED) is 0.274. The molecule has 1 atom stereocenters. The molecule has 0 aliphatic rings. The van der Waals surface area contributed by atoms with Gasteiger partial charge in [0.15, 0.2) is 16.2 Å². The fourth-order valence-electron chi connectivity index (χ4n) is 3.87. The lowest BCUT2D eigenvalue weighted by atomic mass is 10.1. The molecular weight excluding hydrogens is 560 g/mol. The number of ether oxygens (including phenoxy) is 1. The zero-order valence-corrected chi connectivity index (χ0v) is 24.0.